The Labute approximate surface area is 289 Å². The van der Waals surface area contributed by atoms with Crippen LogP contribution in [-0.2, 0) is 4.74 Å². The Balaban J connectivity index is 3.96. The summed E-state index contributed by atoms with van der Waals surface area (Å²) < 4.78 is 5.66. The average Bonchev–Trinajstić information content (AvgIpc) is 3.05. The van der Waals surface area contributed by atoms with E-state index in [0.29, 0.717) is 6.61 Å². The van der Waals surface area contributed by atoms with Gasteiger partial charge < -0.3 is 14.5 Å². The molecule has 4 heteroatoms. The van der Waals surface area contributed by atoms with Crippen molar-refractivity contribution in [3.8, 4) is 0 Å². The molecule has 0 aromatic carbocycles. The Hall–Kier alpha value is -1.29. The summed E-state index contributed by atoms with van der Waals surface area (Å²) in [5.74, 6) is 0. The molecule has 0 aliphatic rings. The molecule has 0 aromatic rings. The van der Waals surface area contributed by atoms with Crippen molar-refractivity contribution in [3.05, 3.63) is 24.3 Å². The van der Waals surface area contributed by atoms with Crippen molar-refractivity contribution in [2.24, 2.45) is 0 Å². The molecule has 272 valence electrons. The number of hydrogen-bond donors (Lipinski definition) is 0. The number of allylic oxidation sites excluding steroid dienone is 4. The van der Waals surface area contributed by atoms with Crippen LogP contribution >= 0.6 is 0 Å². The van der Waals surface area contributed by atoms with Crippen LogP contribution in [0.5, 0.6) is 0 Å². The molecule has 0 spiro atoms. The van der Waals surface area contributed by atoms with Crippen molar-refractivity contribution in [3.63, 3.8) is 0 Å². The van der Waals surface area contributed by atoms with E-state index in [1.165, 1.54) is 167 Å². The fourth-order valence-electron chi connectivity index (χ4n) is 6.03. The van der Waals surface area contributed by atoms with Crippen molar-refractivity contribution >= 4 is 6.09 Å². The summed E-state index contributed by atoms with van der Waals surface area (Å²) in [7, 11) is 4.13. The fraction of sp³-hybridized carbons (Fsp3) is 0.881. The zero-order valence-electron chi connectivity index (χ0n) is 31.9. The molecule has 0 heterocycles. The van der Waals surface area contributed by atoms with Crippen molar-refractivity contribution in [1.29, 1.82) is 0 Å². The van der Waals surface area contributed by atoms with E-state index in [9.17, 15) is 4.79 Å². The molecule has 0 aliphatic carbocycles. The van der Waals surface area contributed by atoms with Crippen molar-refractivity contribution < 1.29 is 9.53 Å². The number of unbranched alkanes of at least 4 members (excludes halogenated alkanes) is 24. The molecule has 0 saturated heterocycles. The van der Waals surface area contributed by atoms with Crippen molar-refractivity contribution in [2.75, 3.05) is 40.3 Å². The number of rotatable bonds is 36. The van der Waals surface area contributed by atoms with Crippen LogP contribution in [0, 0.1) is 0 Å². The minimum absolute atomic E-state index is 0.0979. The Morgan fingerprint density at radius 2 is 0.761 bits per heavy atom. The van der Waals surface area contributed by atoms with Crippen LogP contribution in [0.2, 0.25) is 0 Å². The lowest BCUT2D eigenvalue weighted by atomic mass is 10.1. The molecule has 0 fully saturated rings. The quantitative estimate of drug-likeness (QED) is 0.0501. The van der Waals surface area contributed by atoms with E-state index < -0.39 is 0 Å². The third kappa shape index (κ3) is 35.6. The topological polar surface area (TPSA) is 32.8 Å². The predicted octanol–water partition coefficient (Wildman–Crippen LogP) is 13.5. The van der Waals surface area contributed by atoms with Crippen molar-refractivity contribution in [1.82, 2.24) is 9.80 Å². The van der Waals surface area contributed by atoms with Crippen molar-refractivity contribution in [2.45, 2.75) is 200 Å². The summed E-state index contributed by atoms with van der Waals surface area (Å²) in [4.78, 5) is 17.0. The van der Waals surface area contributed by atoms with Gasteiger partial charge in [-0.25, -0.2) is 4.79 Å². The van der Waals surface area contributed by atoms with E-state index in [1.807, 2.05) is 4.90 Å². The van der Waals surface area contributed by atoms with Gasteiger partial charge in [0.2, 0.25) is 0 Å². The average molecular weight is 647 g/mol. The Morgan fingerprint density at radius 1 is 0.435 bits per heavy atom. The first kappa shape index (κ1) is 44.7. The minimum Gasteiger partial charge on any atom is -0.449 e. The molecule has 0 aliphatic heterocycles. The summed E-state index contributed by atoms with van der Waals surface area (Å²) in [6, 6.07) is 0. The first-order valence-corrected chi connectivity index (χ1v) is 20.5. The van der Waals surface area contributed by atoms with Gasteiger partial charge in [0, 0.05) is 19.6 Å². The molecule has 0 radical (unpaired) electrons. The molecule has 1 amide bonds. The summed E-state index contributed by atoms with van der Waals surface area (Å²) in [6.07, 6.45) is 47.1. The van der Waals surface area contributed by atoms with E-state index in [2.05, 4.69) is 57.1 Å². The zero-order valence-corrected chi connectivity index (χ0v) is 31.9. The van der Waals surface area contributed by atoms with Gasteiger partial charge in [-0.1, -0.05) is 154 Å². The van der Waals surface area contributed by atoms with E-state index in [1.54, 1.807) is 0 Å². The van der Waals surface area contributed by atoms with Crippen LogP contribution in [0.15, 0.2) is 24.3 Å². The van der Waals surface area contributed by atoms with Gasteiger partial charge in [-0.2, -0.15) is 0 Å². The monoisotopic (exact) mass is 647 g/mol. The summed E-state index contributed by atoms with van der Waals surface area (Å²) in [5, 5.41) is 0. The maximum absolute atomic E-state index is 12.8. The lowest BCUT2D eigenvalue weighted by Crippen LogP contribution is -2.34. The third-order valence-corrected chi connectivity index (χ3v) is 9.11. The van der Waals surface area contributed by atoms with E-state index in [-0.39, 0.29) is 6.09 Å². The molecule has 0 saturated carbocycles. The van der Waals surface area contributed by atoms with Crippen LogP contribution in [0.3, 0.4) is 0 Å². The van der Waals surface area contributed by atoms with Gasteiger partial charge in [-0.3, -0.25) is 0 Å². The van der Waals surface area contributed by atoms with Crippen LogP contribution in [-0.4, -0.2) is 56.2 Å². The van der Waals surface area contributed by atoms with E-state index >= 15 is 0 Å². The second kappa shape index (κ2) is 38.2. The number of carbonyl (C=O) groups excluding carboxylic acids is 1. The van der Waals surface area contributed by atoms with Gasteiger partial charge in [0.25, 0.3) is 0 Å². The SMILES string of the molecule is CCCCCCCC/C=C\CCCCCCCCN(CCCCCCCC/C=C\CCCCCCCC)C(=O)OCCCN(C)C. The van der Waals surface area contributed by atoms with Gasteiger partial charge in [0.1, 0.15) is 0 Å². The second-order valence-corrected chi connectivity index (χ2v) is 14.1. The highest BCUT2D eigenvalue weighted by Gasteiger charge is 2.14. The van der Waals surface area contributed by atoms with Crippen LogP contribution < -0.4 is 0 Å². The molecule has 0 bridgehead atoms. The van der Waals surface area contributed by atoms with Crippen LogP contribution in [0.25, 0.3) is 0 Å². The lowest BCUT2D eigenvalue weighted by molar-refractivity contribution is 0.0976. The Bertz CT molecular complexity index is 618. The van der Waals surface area contributed by atoms with Crippen LogP contribution in [0.1, 0.15) is 200 Å². The maximum Gasteiger partial charge on any atom is 0.409 e. The third-order valence-electron chi connectivity index (χ3n) is 9.11. The van der Waals surface area contributed by atoms with Gasteiger partial charge >= 0.3 is 6.09 Å². The first-order valence-electron chi connectivity index (χ1n) is 20.5. The van der Waals surface area contributed by atoms with E-state index in [4.69, 9.17) is 4.74 Å². The predicted molar refractivity (Wildman–Crippen MR) is 205 cm³/mol. The molecular weight excluding hydrogens is 564 g/mol. The Morgan fingerprint density at radius 3 is 1.11 bits per heavy atom. The maximum atomic E-state index is 12.8. The van der Waals surface area contributed by atoms with Gasteiger partial charge in [0.15, 0.2) is 0 Å². The molecule has 0 rings (SSSR count). The van der Waals surface area contributed by atoms with E-state index in [0.717, 1.165) is 38.9 Å². The highest BCUT2D eigenvalue weighted by atomic mass is 16.6. The standard InChI is InChI=1S/C42H82N2O2/c1-5-7-9-11-13-15-17-19-21-23-25-27-29-31-33-35-39-44(42(45)46-41-37-38-43(3)4)40-36-34-32-30-28-26-24-22-20-18-16-14-12-10-8-6-2/h19-22H,5-18,23-41H2,1-4H3/b21-19-,22-20-. The summed E-state index contributed by atoms with van der Waals surface area (Å²) >= 11 is 0. The number of amides is 1. The van der Waals surface area contributed by atoms with Gasteiger partial charge in [-0.15, -0.1) is 0 Å². The normalized spacial score (nSPS) is 11.8. The number of carbonyl (C=O) groups is 1. The zero-order chi connectivity index (χ0) is 33.6. The highest BCUT2D eigenvalue weighted by molar-refractivity contribution is 5.67. The summed E-state index contributed by atoms with van der Waals surface area (Å²) in [6.45, 7) is 7.74. The number of hydrogen-bond acceptors (Lipinski definition) is 3. The number of nitrogens with zero attached hydrogens (tertiary/aromatic N) is 2. The first-order chi connectivity index (χ1) is 22.6. The van der Waals surface area contributed by atoms with Gasteiger partial charge in [0.05, 0.1) is 6.61 Å². The largest absolute Gasteiger partial charge is 0.449 e. The molecule has 0 unspecified atom stereocenters. The molecule has 0 N–H and O–H groups in total. The van der Waals surface area contributed by atoms with Crippen LogP contribution in [0.4, 0.5) is 4.79 Å². The lowest BCUT2D eigenvalue weighted by Gasteiger charge is -2.22. The second-order valence-electron chi connectivity index (χ2n) is 14.1. The highest BCUT2D eigenvalue weighted by Crippen LogP contribution is 2.13. The molecule has 4 nitrogen and oxygen atoms in total. The minimum atomic E-state index is -0.0979. The number of ether oxygens (including phenoxy) is 1. The molecule has 0 atom stereocenters. The summed E-state index contributed by atoms with van der Waals surface area (Å²) in [5.41, 5.74) is 0. The fourth-order valence-corrected chi connectivity index (χ4v) is 6.03. The van der Waals surface area contributed by atoms with Gasteiger partial charge in [-0.05, 0) is 84.7 Å². The smallest absolute Gasteiger partial charge is 0.409 e. The Kier molecular flexibility index (Phi) is 37.1. The molecule has 0 aromatic heterocycles. The molecular formula is C42H82N2O2. The molecule has 46 heavy (non-hydrogen) atoms.